The number of aromatic nitrogens is 3. The van der Waals surface area contributed by atoms with E-state index in [1.54, 1.807) is 10.9 Å². The lowest BCUT2D eigenvalue weighted by Gasteiger charge is -2.17. The molecule has 0 saturated carbocycles. The van der Waals surface area contributed by atoms with Gasteiger partial charge in [0.05, 0.1) is 12.2 Å². The Hall–Kier alpha value is -2.37. The Labute approximate surface area is 110 Å². The van der Waals surface area contributed by atoms with Crippen LogP contribution in [0.5, 0.6) is 0 Å². The fourth-order valence-electron chi connectivity index (χ4n) is 2.19. The van der Waals surface area contributed by atoms with Gasteiger partial charge in [0.15, 0.2) is 5.69 Å². The van der Waals surface area contributed by atoms with Crippen molar-refractivity contribution in [1.82, 2.24) is 14.8 Å². The highest BCUT2D eigenvalue weighted by Crippen LogP contribution is 2.19. The average Bonchev–Trinajstić information content (AvgIpc) is 2.87. The highest BCUT2D eigenvalue weighted by Gasteiger charge is 2.11. The number of pyridine rings is 1. The van der Waals surface area contributed by atoms with Gasteiger partial charge >= 0.3 is 5.97 Å². The lowest BCUT2D eigenvalue weighted by atomic mass is 10.1. The van der Waals surface area contributed by atoms with E-state index in [9.17, 15) is 4.79 Å². The Balaban J connectivity index is 1.80. The molecule has 1 aliphatic heterocycles. The van der Waals surface area contributed by atoms with Crippen molar-refractivity contribution in [3.63, 3.8) is 0 Å². The number of carbonyl (C=O) groups is 1. The zero-order valence-corrected chi connectivity index (χ0v) is 10.3. The molecule has 6 nitrogen and oxygen atoms in total. The number of fused-ring (bicyclic) bond motifs is 1. The first kappa shape index (κ1) is 11.7. The van der Waals surface area contributed by atoms with Crippen molar-refractivity contribution in [2.45, 2.75) is 19.4 Å². The van der Waals surface area contributed by atoms with Gasteiger partial charge in [0.1, 0.15) is 5.82 Å². The van der Waals surface area contributed by atoms with Gasteiger partial charge in [-0.15, -0.1) is 0 Å². The molecule has 0 unspecified atom stereocenters. The first-order valence-corrected chi connectivity index (χ1v) is 6.22. The predicted molar refractivity (Wildman–Crippen MR) is 69.3 cm³/mol. The summed E-state index contributed by atoms with van der Waals surface area (Å²) in [7, 11) is 0. The molecule has 0 aromatic carbocycles. The third-order valence-electron chi connectivity index (χ3n) is 3.14. The molecular weight excluding hydrogens is 244 g/mol. The van der Waals surface area contributed by atoms with E-state index >= 15 is 0 Å². The van der Waals surface area contributed by atoms with Gasteiger partial charge in [0.2, 0.25) is 0 Å². The topological polar surface area (TPSA) is 80.0 Å². The normalized spacial score (nSPS) is 13.7. The molecule has 3 heterocycles. The quantitative estimate of drug-likeness (QED) is 0.869. The molecule has 98 valence electrons. The summed E-state index contributed by atoms with van der Waals surface area (Å²) in [5.41, 5.74) is 2.16. The van der Waals surface area contributed by atoms with Gasteiger partial charge in [0, 0.05) is 12.7 Å². The highest BCUT2D eigenvalue weighted by atomic mass is 16.4. The number of nitrogens with one attached hydrogen (secondary N) is 1. The van der Waals surface area contributed by atoms with Gasteiger partial charge in [-0.25, -0.2) is 9.78 Å². The van der Waals surface area contributed by atoms with E-state index < -0.39 is 5.97 Å². The number of aryl methyl sites for hydroxylation is 1. The molecule has 0 aliphatic carbocycles. The molecule has 0 amide bonds. The van der Waals surface area contributed by atoms with Crippen LogP contribution in [0.25, 0.3) is 0 Å². The first-order chi connectivity index (χ1) is 9.22. The summed E-state index contributed by atoms with van der Waals surface area (Å²) < 4.78 is 1.58. The van der Waals surface area contributed by atoms with Crippen LogP contribution in [-0.2, 0) is 13.0 Å². The molecule has 0 saturated heterocycles. The third kappa shape index (κ3) is 2.42. The number of nitrogens with zero attached hydrogens (tertiary/aromatic N) is 3. The minimum absolute atomic E-state index is 0.0519. The van der Waals surface area contributed by atoms with E-state index in [1.807, 2.05) is 6.07 Å². The molecule has 3 rings (SSSR count). The summed E-state index contributed by atoms with van der Waals surface area (Å²) in [6.45, 7) is 1.43. The van der Waals surface area contributed by atoms with Gasteiger partial charge in [-0.05, 0) is 30.5 Å². The molecule has 1 aliphatic rings. The molecular formula is C13H14N4O2. The number of hydrogen-bond donors (Lipinski definition) is 2. The van der Waals surface area contributed by atoms with E-state index in [0.717, 1.165) is 30.9 Å². The summed E-state index contributed by atoms with van der Waals surface area (Å²) in [5, 5.41) is 16.1. The van der Waals surface area contributed by atoms with Gasteiger partial charge in [-0.1, -0.05) is 6.07 Å². The molecule has 0 atom stereocenters. The summed E-state index contributed by atoms with van der Waals surface area (Å²) >= 11 is 0. The average molecular weight is 258 g/mol. The summed E-state index contributed by atoms with van der Waals surface area (Å²) in [5.74, 6) is -0.0758. The SMILES string of the molecule is O=C(O)c1ccn(Cc2ccc3c(n2)NCCC3)n1. The van der Waals surface area contributed by atoms with Crippen LogP contribution in [0.3, 0.4) is 0 Å². The van der Waals surface area contributed by atoms with Crippen molar-refractivity contribution < 1.29 is 9.90 Å². The second-order valence-electron chi connectivity index (χ2n) is 4.54. The Bertz CT molecular complexity index is 621. The van der Waals surface area contributed by atoms with Crippen LogP contribution in [0.1, 0.15) is 28.2 Å². The van der Waals surface area contributed by atoms with Gasteiger partial charge in [0.25, 0.3) is 0 Å². The predicted octanol–water partition coefficient (Wildman–Crippen LogP) is 1.38. The second-order valence-corrected chi connectivity index (χ2v) is 4.54. The number of anilines is 1. The highest BCUT2D eigenvalue weighted by molar-refractivity contribution is 5.85. The zero-order valence-electron chi connectivity index (χ0n) is 10.3. The maximum Gasteiger partial charge on any atom is 0.356 e. The van der Waals surface area contributed by atoms with Gasteiger partial charge in [-0.2, -0.15) is 5.10 Å². The van der Waals surface area contributed by atoms with E-state index in [4.69, 9.17) is 5.11 Å². The smallest absolute Gasteiger partial charge is 0.356 e. The van der Waals surface area contributed by atoms with Crippen molar-refractivity contribution in [2.24, 2.45) is 0 Å². The van der Waals surface area contributed by atoms with Crippen LogP contribution in [-0.4, -0.2) is 32.4 Å². The standard InChI is InChI=1S/C13H14N4O2/c18-13(19)11-5-7-17(16-11)8-10-4-3-9-2-1-6-14-12(9)15-10/h3-5,7H,1-2,6,8H2,(H,14,15)(H,18,19). The summed E-state index contributed by atoms with van der Waals surface area (Å²) in [6, 6.07) is 5.53. The van der Waals surface area contributed by atoms with Crippen molar-refractivity contribution in [2.75, 3.05) is 11.9 Å². The van der Waals surface area contributed by atoms with Crippen LogP contribution in [0.2, 0.25) is 0 Å². The fourth-order valence-corrected chi connectivity index (χ4v) is 2.19. The number of carboxylic acids is 1. The largest absolute Gasteiger partial charge is 0.476 e. The monoisotopic (exact) mass is 258 g/mol. The number of hydrogen-bond acceptors (Lipinski definition) is 4. The van der Waals surface area contributed by atoms with E-state index in [-0.39, 0.29) is 5.69 Å². The molecule has 6 heteroatoms. The Kier molecular flexibility index (Phi) is 2.91. The van der Waals surface area contributed by atoms with Crippen LogP contribution < -0.4 is 5.32 Å². The summed E-state index contributed by atoms with van der Waals surface area (Å²) in [6.07, 6.45) is 3.84. The molecule has 2 N–H and O–H groups in total. The zero-order chi connectivity index (χ0) is 13.2. The number of carboxylic acid groups (broad SMARTS) is 1. The van der Waals surface area contributed by atoms with Crippen LogP contribution in [0, 0.1) is 0 Å². The minimum atomic E-state index is -1.01. The second kappa shape index (κ2) is 4.72. The molecule has 0 spiro atoms. The van der Waals surface area contributed by atoms with Crippen molar-refractivity contribution in [1.29, 1.82) is 0 Å². The Morgan fingerprint density at radius 1 is 1.42 bits per heavy atom. The van der Waals surface area contributed by atoms with E-state index in [0.29, 0.717) is 6.54 Å². The van der Waals surface area contributed by atoms with E-state index in [2.05, 4.69) is 21.5 Å². The number of rotatable bonds is 3. The van der Waals surface area contributed by atoms with Crippen molar-refractivity contribution in [3.05, 3.63) is 41.3 Å². The van der Waals surface area contributed by atoms with Crippen LogP contribution in [0.4, 0.5) is 5.82 Å². The van der Waals surface area contributed by atoms with Crippen molar-refractivity contribution in [3.8, 4) is 0 Å². The fraction of sp³-hybridized carbons (Fsp3) is 0.308. The maximum absolute atomic E-state index is 10.8. The molecule has 0 bridgehead atoms. The van der Waals surface area contributed by atoms with Crippen LogP contribution in [0.15, 0.2) is 24.4 Å². The van der Waals surface area contributed by atoms with E-state index in [1.165, 1.54) is 11.6 Å². The Morgan fingerprint density at radius 3 is 3.11 bits per heavy atom. The summed E-state index contributed by atoms with van der Waals surface area (Å²) in [4.78, 5) is 15.3. The molecule has 0 radical (unpaired) electrons. The van der Waals surface area contributed by atoms with Gasteiger partial charge < -0.3 is 10.4 Å². The minimum Gasteiger partial charge on any atom is -0.476 e. The lowest BCUT2D eigenvalue weighted by Crippen LogP contribution is -2.15. The molecule has 2 aromatic rings. The Morgan fingerprint density at radius 2 is 2.32 bits per heavy atom. The molecule has 19 heavy (non-hydrogen) atoms. The van der Waals surface area contributed by atoms with Crippen molar-refractivity contribution >= 4 is 11.8 Å². The first-order valence-electron chi connectivity index (χ1n) is 6.22. The number of aromatic carboxylic acids is 1. The maximum atomic E-state index is 10.8. The third-order valence-corrected chi connectivity index (χ3v) is 3.14. The van der Waals surface area contributed by atoms with Gasteiger partial charge in [-0.3, -0.25) is 4.68 Å². The van der Waals surface area contributed by atoms with Crippen LogP contribution >= 0.6 is 0 Å². The molecule has 2 aromatic heterocycles. The lowest BCUT2D eigenvalue weighted by molar-refractivity contribution is 0.0689. The molecule has 0 fully saturated rings.